The molecule has 8 heteroatoms. The summed E-state index contributed by atoms with van der Waals surface area (Å²) >= 11 is 1.50. The normalized spacial score (nSPS) is 9.77. The molecule has 124 valence electrons. The van der Waals surface area contributed by atoms with E-state index in [0.29, 0.717) is 13.0 Å². The van der Waals surface area contributed by atoms with Crippen LogP contribution in [0.2, 0.25) is 0 Å². The van der Waals surface area contributed by atoms with E-state index in [1.807, 2.05) is 38.5 Å². The molecule has 2 heterocycles. The predicted octanol–water partition coefficient (Wildman–Crippen LogP) is 2.78. The highest BCUT2D eigenvalue weighted by atomic mass is 35.5. The van der Waals surface area contributed by atoms with Crippen molar-refractivity contribution in [1.29, 1.82) is 0 Å². The number of carbonyl (C=O) groups is 1. The van der Waals surface area contributed by atoms with Crippen LogP contribution >= 0.6 is 36.2 Å². The molecule has 1 N–H and O–H groups in total. The summed E-state index contributed by atoms with van der Waals surface area (Å²) in [5.74, 6) is 1.70. The molecule has 0 fully saturated rings. The van der Waals surface area contributed by atoms with Gasteiger partial charge in [-0.1, -0.05) is 0 Å². The van der Waals surface area contributed by atoms with Crippen LogP contribution in [0.15, 0.2) is 21.9 Å². The van der Waals surface area contributed by atoms with Crippen LogP contribution in [-0.4, -0.2) is 43.0 Å². The molecular weight excluding hydrogens is 345 g/mol. The van der Waals surface area contributed by atoms with Crippen molar-refractivity contribution < 1.29 is 9.21 Å². The number of likely N-dealkylation sites (N-methyl/N-ethyl adjacent to an activating group) is 2. The average molecular weight is 366 g/mol. The Bertz CT molecular complexity index is 586. The topological polar surface area (TPSA) is 58.4 Å². The Labute approximate surface area is 146 Å². The third-order valence-corrected chi connectivity index (χ3v) is 3.86. The zero-order chi connectivity index (χ0) is 14.5. The number of aromatic nitrogens is 1. The molecule has 0 aliphatic carbocycles. The largest absolute Gasteiger partial charge is 0.459 e. The van der Waals surface area contributed by atoms with Crippen molar-refractivity contribution >= 4 is 42.1 Å². The number of amides is 1. The Hall–Kier alpha value is -1.08. The van der Waals surface area contributed by atoms with Gasteiger partial charge in [0, 0.05) is 25.5 Å². The highest BCUT2D eigenvalue weighted by Gasteiger charge is 2.13. The predicted molar refractivity (Wildman–Crippen MR) is 94.3 cm³/mol. The van der Waals surface area contributed by atoms with Crippen LogP contribution in [0.5, 0.6) is 0 Å². The Kier molecular flexibility index (Phi) is 9.36. The summed E-state index contributed by atoms with van der Waals surface area (Å²) in [6.45, 7) is 3.39. The molecule has 0 saturated carbocycles. The van der Waals surface area contributed by atoms with Crippen LogP contribution in [0, 0.1) is 6.92 Å². The van der Waals surface area contributed by atoms with E-state index in [-0.39, 0.29) is 30.7 Å². The van der Waals surface area contributed by atoms with E-state index in [9.17, 15) is 4.79 Å². The first-order chi connectivity index (χ1) is 9.60. The van der Waals surface area contributed by atoms with Gasteiger partial charge in [-0.2, -0.15) is 0 Å². The van der Waals surface area contributed by atoms with Gasteiger partial charge in [-0.25, -0.2) is 4.98 Å². The maximum Gasteiger partial charge on any atom is 0.228 e. The number of thiazole rings is 1. The number of carbonyl (C=O) groups excluding carboxylic acids is 1. The molecule has 0 atom stereocenters. The molecule has 2 rings (SSSR count). The Morgan fingerprint density at radius 2 is 2.14 bits per heavy atom. The summed E-state index contributed by atoms with van der Waals surface area (Å²) in [4.78, 5) is 18.2. The molecule has 0 unspecified atom stereocenters. The van der Waals surface area contributed by atoms with Gasteiger partial charge in [0.1, 0.15) is 5.76 Å². The van der Waals surface area contributed by atoms with Crippen molar-refractivity contribution in [3.8, 4) is 10.8 Å². The van der Waals surface area contributed by atoms with Crippen LogP contribution in [0.1, 0.15) is 11.5 Å². The van der Waals surface area contributed by atoms with E-state index >= 15 is 0 Å². The summed E-state index contributed by atoms with van der Waals surface area (Å²) in [6, 6.07) is 3.81. The van der Waals surface area contributed by atoms with E-state index in [2.05, 4.69) is 10.3 Å². The summed E-state index contributed by atoms with van der Waals surface area (Å²) < 4.78 is 5.53. The van der Waals surface area contributed by atoms with Crippen LogP contribution in [-0.2, 0) is 11.2 Å². The van der Waals surface area contributed by atoms with Crippen LogP contribution in [0.4, 0.5) is 0 Å². The molecule has 0 spiro atoms. The van der Waals surface area contributed by atoms with Gasteiger partial charge in [-0.05, 0) is 26.1 Å². The second-order valence-corrected chi connectivity index (χ2v) is 5.51. The van der Waals surface area contributed by atoms with E-state index in [0.717, 1.165) is 28.8 Å². The first-order valence-electron chi connectivity index (χ1n) is 6.50. The summed E-state index contributed by atoms with van der Waals surface area (Å²) in [5, 5.41) is 5.76. The zero-order valence-electron chi connectivity index (χ0n) is 12.8. The fourth-order valence-electron chi connectivity index (χ4n) is 1.74. The van der Waals surface area contributed by atoms with E-state index < -0.39 is 0 Å². The van der Waals surface area contributed by atoms with Gasteiger partial charge < -0.3 is 14.6 Å². The number of hydrogen-bond donors (Lipinski definition) is 1. The second kappa shape index (κ2) is 9.84. The van der Waals surface area contributed by atoms with E-state index in [1.165, 1.54) is 11.3 Å². The molecular formula is C14H21Cl2N3O2S. The third kappa shape index (κ3) is 5.61. The molecule has 0 radical (unpaired) electrons. The number of rotatable bonds is 6. The molecule has 1 amide bonds. The minimum Gasteiger partial charge on any atom is -0.459 e. The lowest BCUT2D eigenvalue weighted by Crippen LogP contribution is -2.33. The van der Waals surface area contributed by atoms with Crippen molar-refractivity contribution in [2.24, 2.45) is 0 Å². The quantitative estimate of drug-likeness (QED) is 0.854. The summed E-state index contributed by atoms with van der Waals surface area (Å²) in [7, 11) is 3.68. The van der Waals surface area contributed by atoms with Gasteiger partial charge in [0.15, 0.2) is 10.8 Å². The van der Waals surface area contributed by atoms with Crippen molar-refractivity contribution in [3.05, 3.63) is 29.0 Å². The smallest absolute Gasteiger partial charge is 0.228 e. The summed E-state index contributed by atoms with van der Waals surface area (Å²) in [6.07, 6.45) is 0.330. The van der Waals surface area contributed by atoms with E-state index in [1.54, 1.807) is 4.90 Å². The molecule has 5 nitrogen and oxygen atoms in total. The first-order valence-corrected chi connectivity index (χ1v) is 7.38. The lowest BCUT2D eigenvalue weighted by molar-refractivity contribution is -0.129. The highest BCUT2D eigenvalue weighted by Crippen LogP contribution is 2.25. The lowest BCUT2D eigenvalue weighted by atomic mass is 10.3. The van der Waals surface area contributed by atoms with Gasteiger partial charge in [-0.15, -0.1) is 36.2 Å². The van der Waals surface area contributed by atoms with Gasteiger partial charge >= 0.3 is 0 Å². The SMILES string of the molecule is CNCCN(C)C(=O)Cc1csc(-c2ccc(C)o2)n1.Cl.Cl. The van der Waals surface area contributed by atoms with Gasteiger partial charge in [-0.3, -0.25) is 4.79 Å². The monoisotopic (exact) mass is 365 g/mol. The maximum absolute atomic E-state index is 12.0. The second-order valence-electron chi connectivity index (χ2n) is 4.65. The summed E-state index contributed by atoms with van der Waals surface area (Å²) in [5.41, 5.74) is 0.792. The molecule has 2 aromatic heterocycles. The zero-order valence-corrected chi connectivity index (χ0v) is 15.2. The van der Waals surface area contributed by atoms with Gasteiger partial charge in [0.25, 0.3) is 0 Å². The van der Waals surface area contributed by atoms with Gasteiger partial charge in [0.2, 0.25) is 5.91 Å². The Morgan fingerprint density at radius 3 is 2.73 bits per heavy atom. The molecule has 0 aliphatic heterocycles. The molecule has 0 aliphatic rings. The maximum atomic E-state index is 12.0. The molecule has 22 heavy (non-hydrogen) atoms. The standard InChI is InChI=1S/C14H19N3O2S.2ClH/c1-10-4-5-12(19-10)14-16-11(9-20-14)8-13(18)17(3)7-6-15-2;;/h4-5,9,15H,6-8H2,1-3H3;2*1H. The first kappa shape index (κ1) is 20.9. The van der Waals surface area contributed by atoms with Crippen molar-refractivity contribution in [2.45, 2.75) is 13.3 Å². The van der Waals surface area contributed by atoms with Crippen LogP contribution in [0.3, 0.4) is 0 Å². The number of nitrogens with zero attached hydrogens (tertiary/aromatic N) is 2. The minimum atomic E-state index is 0. The molecule has 0 aromatic carbocycles. The Balaban J connectivity index is 0.00000220. The average Bonchev–Trinajstić information content (AvgIpc) is 3.04. The highest BCUT2D eigenvalue weighted by molar-refractivity contribution is 7.13. The minimum absolute atomic E-state index is 0. The van der Waals surface area contributed by atoms with E-state index in [4.69, 9.17) is 4.42 Å². The lowest BCUT2D eigenvalue weighted by Gasteiger charge is -2.15. The fraction of sp³-hybridized carbons (Fsp3) is 0.429. The fourth-order valence-corrected chi connectivity index (χ4v) is 2.52. The van der Waals surface area contributed by atoms with Crippen LogP contribution < -0.4 is 5.32 Å². The number of halogens is 2. The van der Waals surface area contributed by atoms with Crippen molar-refractivity contribution in [3.63, 3.8) is 0 Å². The molecule has 0 bridgehead atoms. The van der Waals surface area contributed by atoms with Crippen LogP contribution in [0.25, 0.3) is 10.8 Å². The third-order valence-electron chi connectivity index (χ3n) is 2.96. The Morgan fingerprint density at radius 1 is 1.41 bits per heavy atom. The number of hydrogen-bond acceptors (Lipinski definition) is 5. The number of furan rings is 1. The van der Waals surface area contributed by atoms with Gasteiger partial charge in [0.05, 0.1) is 12.1 Å². The molecule has 2 aromatic rings. The molecule has 0 saturated heterocycles. The number of nitrogens with one attached hydrogen (secondary N) is 1. The van der Waals surface area contributed by atoms with Crippen molar-refractivity contribution in [2.75, 3.05) is 27.2 Å². The number of aryl methyl sites for hydroxylation is 1. The van der Waals surface area contributed by atoms with Crippen molar-refractivity contribution in [1.82, 2.24) is 15.2 Å².